The van der Waals surface area contributed by atoms with Crippen LogP contribution in [0.25, 0.3) is 10.2 Å². The number of likely N-dealkylation sites (N-methyl/N-ethyl adjacent to an activating group) is 1. The van der Waals surface area contributed by atoms with Gasteiger partial charge >= 0.3 is 5.97 Å². The Kier molecular flexibility index (Phi) is 9.96. The summed E-state index contributed by atoms with van der Waals surface area (Å²) < 4.78 is 0. The third-order valence-electron chi connectivity index (χ3n) is 7.30. The lowest BCUT2D eigenvalue weighted by molar-refractivity contribution is 0.0703. The van der Waals surface area contributed by atoms with E-state index in [2.05, 4.69) is 28.5 Å². The molecule has 2 aromatic heterocycles. The number of carboxylic acids is 1. The fraction of sp³-hybridized carbons (Fsp3) is 0.483. The first-order valence-corrected chi connectivity index (χ1v) is 14.6. The number of aliphatic hydroxyl groups excluding tert-OH is 1. The number of nitrogen functional groups attached to an aromatic ring is 1. The minimum atomic E-state index is -1.02. The average Bonchev–Trinajstić information content (AvgIpc) is 3.28. The van der Waals surface area contributed by atoms with Crippen molar-refractivity contribution in [2.45, 2.75) is 44.8 Å². The van der Waals surface area contributed by atoms with Crippen molar-refractivity contribution >= 4 is 44.9 Å². The van der Waals surface area contributed by atoms with Crippen LogP contribution in [0.5, 0.6) is 0 Å². The van der Waals surface area contributed by atoms with Gasteiger partial charge in [0.25, 0.3) is 5.91 Å². The van der Waals surface area contributed by atoms with E-state index >= 15 is 0 Å². The van der Waals surface area contributed by atoms with Crippen molar-refractivity contribution in [1.82, 2.24) is 20.5 Å². The van der Waals surface area contributed by atoms with E-state index in [4.69, 9.17) is 10.7 Å². The number of nitrogens with zero attached hydrogens (tertiary/aromatic N) is 3. The number of nitrogens with one attached hydrogen (secondary N) is 2. The number of rotatable bonds is 12. The van der Waals surface area contributed by atoms with E-state index in [1.165, 1.54) is 0 Å². The summed E-state index contributed by atoms with van der Waals surface area (Å²) in [6.07, 6.45) is 2.86. The summed E-state index contributed by atoms with van der Waals surface area (Å²) >= 11 is 1.14. The molecule has 0 spiro atoms. The maximum Gasteiger partial charge on any atom is 0.348 e. The highest BCUT2D eigenvalue weighted by atomic mass is 32.1. The molecular weight excluding hydrogens is 528 g/mol. The zero-order valence-corrected chi connectivity index (χ0v) is 24.3. The molecule has 1 amide bonds. The number of anilines is 2. The second kappa shape index (κ2) is 13.4. The molecule has 3 aromatic rings. The average molecular weight is 569 g/mol. The number of pyridine rings is 1. The molecule has 11 heteroatoms. The predicted octanol–water partition coefficient (Wildman–Crippen LogP) is 3.11. The first kappa shape index (κ1) is 29.7. The number of aryl methyl sites for hydroxylation is 1. The number of aromatic nitrogens is 1. The van der Waals surface area contributed by atoms with Crippen molar-refractivity contribution in [2.24, 2.45) is 0 Å². The monoisotopic (exact) mass is 568 g/mol. The van der Waals surface area contributed by atoms with E-state index in [-0.39, 0.29) is 16.8 Å². The molecular formula is C29H40N6O4S. The van der Waals surface area contributed by atoms with Gasteiger partial charge in [0.2, 0.25) is 0 Å². The Bertz CT molecular complexity index is 1320. The van der Waals surface area contributed by atoms with Gasteiger partial charge in [-0.25, -0.2) is 9.78 Å². The third kappa shape index (κ3) is 7.08. The van der Waals surface area contributed by atoms with E-state index in [1.807, 2.05) is 19.0 Å². The van der Waals surface area contributed by atoms with Gasteiger partial charge in [0, 0.05) is 49.7 Å². The van der Waals surface area contributed by atoms with Gasteiger partial charge in [0.05, 0.1) is 11.8 Å². The van der Waals surface area contributed by atoms with E-state index in [1.54, 1.807) is 24.3 Å². The number of nitrogens with two attached hydrogens (primary N) is 1. The van der Waals surface area contributed by atoms with Crippen molar-refractivity contribution in [1.29, 1.82) is 0 Å². The third-order valence-corrected chi connectivity index (χ3v) is 8.39. The molecule has 1 unspecified atom stereocenters. The van der Waals surface area contributed by atoms with Gasteiger partial charge in [-0.3, -0.25) is 4.79 Å². The summed E-state index contributed by atoms with van der Waals surface area (Å²) in [5.74, 6) is -0.276. The Labute approximate surface area is 239 Å². The Balaban J connectivity index is 1.31. The maximum atomic E-state index is 12.3. The number of carboxylic acid groups (broad SMARTS) is 1. The Morgan fingerprint density at radius 1 is 1.23 bits per heavy atom. The summed E-state index contributed by atoms with van der Waals surface area (Å²) in [5.41, 5.74) is 8.90. The van der Waals surface area contributed by atoms with Crippen LogP contribution in [-0.2, 0) is 6.42 Å². The quantitative estimate of drug-likeness (QED) is 0.223. The molecule has 4 rings (SSSR count). The number of hydrogen-bond acceptors (Lipinski definition) is 9. The number of carbonyl (C=O) groups excluding carboxylic acids is 1. The molecule has 0 aliphatic carbocycles. The Hall–Kier alpha value is -3.25. The minimum Gasteiger partial charge on any atom is -0.477 e. The first-order chi connectivity index (χ1) is 19.2. The van der Waals surface area contributed by atoms with E-state index in [0.717, 1.165) is 79.0 Å². The molecule has 1 saturated heterocycles. The second-order valence-corrected chi connectivity index (χ2v) is 11.6. The van der Waals surface area contributed by atoms with Gasteiger partial charge < -0.3 is 36.4 Å². The van der Waals surface area contributed by atoms with Crippen LogP contribution in [0.4, 0.5) is 11.5 Å². The number of thiophene rings is 1. The highest BCUT2D eigenvalue weighted by Gasteiger charge is 2.24. The van der Waals surface area contributed by atoms with Crippen LogP contribution in [0.3, 0.4) is 0 Å². The van der Waals surface area contributed by atoms with Crippen molar-refractivity contribution < 1.29 is 19.8 Å². The number of aliphatic hydroxyl groups is 1. The molecule has 1 aliphatic rings. The molecule has 10 nitrogen and oxygen atoms in total. The van der Waals surface area contributed by atoms with Crippen LogP contribution in [0, 0.1) is 0 Å². The highest BCUT2D eigenvalue weighted by Crippen LogP contribution is 2.37. The lowest BCUT2D eigenvalue weighted by Gasteiger charge is -2.34. The Morgan fingerprint density at radius 3 is 2.55 bits per heavy atom. The molecule has 0 radical (unpaired) electrons. The number of carbonyl (C=O) groups is 2. The fourth-order valence-corrected chi connectivity index (χ4v) is 6.01. The summed E-state index contributed by atoms with van der Waals surface area (Å²) in [7, 11) is 3.92. The van der Waals surface area contributed by atoms with Crippen LogP contribution in [0.15, 0.2) is 30.3 Å². The van der Waals surface area contributed by atoms with Gasteiger partial charge in [-0.05, 0) is 62.7 Å². The van der Waals surface area contributed by atoms with E-state index in [0.29, 0.717) is 29.2 Å². The van der Waals surface area contributed by atoms with Gasteiger partial charge in [-0.2, -0.15) is 0 Å². The summed E-state index contributed by atoms with van der Waals surface area (Å²) in [4.78, 5) is 33.8. The van der Waals surface area contributed by atoms with Crippen LogP contribution >= 0.6 is 11.3 Å². The van der Waals surface area contributed by atoms with Crippen LogP contribution in [-0.4, -0.2) is 84.8 Å². The van der Waals surface area contributed by atoms with Gasteiger partial charge in [0.1, 0.15) is 15.5 Å². The molecule has 216 valence electrons. The Morgan fingerprint density at radius 2 is 1.93 bits per heavy atom. The van der Waals surface area contributed by atoms with Crippen molar-refractivity contribution in [2.75, 3.05) is 57.5 Å². The van der Waals surface area contributed by atoms with Crippen LogP contribution < -0.4 is 21.3 Å². The molecule has 40 heavy (non-hydrogen) atoms. The number of piperidine rings is 1. The molecule has 1 aromatic carbocycles. The van der Waals surface area contributed by atoms with Crippen LogP contribution in [0.1, 0.15) is 63.4 Å². The maximum absolute atomic E-state index is 12.3. The highest BCUT2D eigenvalue weighted by molar-refractivity contribution is 7.21. The molecule has 1 fully saturated rings. The number of hydrogen-bond donors (Lipinski definition) is 5. The fourth-order valence-electron chi connectivity index (χ4n) is 5.03. The smallest absolute Gasteiger partial charge is 0.348 e. The minimum absolute atomic E-state index is 0.117. The molecule has 0 saturated carbocycles. The first-order valence-electron chi connectivity index (χ1n) is 13.8. The molecule has 1 aliphatic heterocycles. The van der Waals surface area contributed by atoms with Crippen LogP contribution in [0.2, 0.25) is 0 Å². The number of amides is 1. The summed E-state index contributed by atoms with van der Waals surface area (Å²) in [6, 6.07) is 9.43. The molecule has 0 bridgehead atoms. The largest absolute Gasteiger partial charge is 0.477 e. The summed E-state index contributed by atoms with van der Waals surface area (Å²) in [5, 5.41) is 27.4. The zero-order chi connectivity index (χ0) is 28.8. The standard InChI is InChI=1S/C29H40N6O4S/c1-4-5-20-16-23(33-28-24(20)25(30)26(40-28)29(38)39)35-13-10-21(11-14-35)32-17-22(36)18-6-8-19(9-7-18)27(37)31-12-15-34(2)3/h6-9,16,21-22,32,36H,4-5,10-15,17,30H2,1-3H3,(H,31,37)(H,38,39). The molecule has 6 N–H and O–H groups in total. The number of benzene rings is 1. The molecule has 1 atom stereocenters. The normalized spacial score (nSPS) is 15.1. The van der Waals surface area contributed by atoms with Crippen molar-refractivity contribution in [3.05, 3.63) is 51.9 Å². The number of aromatic carboxylic acids is 1. The second-order valence-electron chi connectivity index (χ2n) is 10.6. The van der Waals surface area contributed by atoms with Gasteiger partial charge in [-0.15, -0.1) is 11.3 Å². The van der Waals surface area contributed by atoms with Gasteiger partial charge in [-0.1, -0.05) is 25.5 Å². The predicted molar refractivity (Wildman–Crippen MR) is 161 cm³/mol. The van der Waals surface area contributed by atoms with Crippen molar-refractivity contribution in [3.63, 3.8) is 0 Å². The van der Waals surface area contributed by atoms with Gasteiger partial charge in [0.15, 0.2) is 0 Å². The molecule has 3 heterocycles. The SMILES string of the molecule is CCCc1cc(N2CCC(NCC(O)c3ccc(C(=O)NCCN(C)C)cc3)CC2)nc2sc(C(=O)O)c(N)c12. The van der Waals surface area contributed by atoms with Crippen molar-refractivity contribution in [3.8, 4) is 0 Å². The summed E-state index contributed by atoms with van der Waals surface area (Å²) in [6.45, 7) is 5.49. The zero-order valence-electron chi connectivity index (χ0n) is 23.4. The number of fused-ring (bicyclic) bond motifs is 1. The lowest BCUT2D eigenvalue weighted by Crippen LogP contribution is -2.44. The van der Waals surface area contributed by atoms with E-state index < -0.39 is 12.1 Å². The topological polar surface area (TPSA) is 144 Å². The lowest BCUT2D eigenvalue weighted by atomic mass is 10.0. The van der Waals surface area contributed by atoms with E-state index in [9.17, 15) is 19.8 Å².